The molecule has 0 aliphatic rings. The first-order chi connectivity index (χ1) is 10.2. The van der Waals surface area contributed by atoms with Crippen LogP contribution in [-0.4, -0.2) is 45.9 Å². The number of nitrogens with one attached hydrogen (secondary N) is 1. The average molecular weight is 331 g/mol. The Kier molecular flexibility index (Phi) is 6.25. The van der Waals surface area contributed by atoms with Crippen LogP contribution in [0.1, 0.15) is 0 Å². The fourth-order valence-corrected chi connectivity index (χ4v) is 2.18. The van der Waals surface area contributed by atoms with Crippen LogP contribution in [0, 0.1) is 0 Å². The van der Waals surface area contributed by atoms with Gasteiger partial charge in [-0.25, -0.2) is 0 Å². The Morgan fingerprint density at radius 2 is 2.10 bits per heavy atom. The van der Waals surface area contributed by atoms with Crippen LogP contribution in [0.15, 0.2) is 30.6 Å². The van der Waals surface area contributed by atoms with E-state index in [2.05, 4.69) is 15.6 Å². The van der Waals surface area contributed by atoms with Gasteiger partial charge in [0, 0.05) is 19.3 Å². The molecule has 2 N–H and O–H groups in total. The van der Waals surface area contributed by atoms with E-state index in [1.54, 1.807) is 35.3 Å². The zero-order valence-corrected chi connectivity index (χ0v) is 12.8. The number of rotatable bonds is 8. The standard InChI is InChI=1S/C13H16Cl2N4O2/c14-11-2-1-3-12(15)13(11)21-9-10(20)8-16-4-6-19-7-5-17-18-19/h1-3,5,7,10,16,20H,4,6,8-9H2. The minimum absolute atomic E-state index is 0.111. The molecule has 1 heterocycles. The summed E-state index contributed by atoms with van der Waals surface area (Å²) in [4.78, 5) is 0. The highest BCUT2D eigenvalue weighted by molar-refractivity contribution is 6.37. The average Bonchev–Trinajstić information content (AvgIpc) is 2.96. The van der Waals surface area contributed by atoms with E-state index in [4.69, 9.17) is 27.9 Å². The number of aromatic nitrogens is 3. The summed E-state index contributed by atoms with van der Waals surface area (Å²) >= 11 is 11.9. The van der Waals surface area contributed by atoms with E-state index in [1.165, 1.54) is 0 Å². The predicted octanol–water partition coefficient (Wildman–Crippen LogP) is 1.61. The molecule has 0 bridgehead atoms. The molecule has 1 unspecified atom stereocenters. The minimum Gasteiger partial charge on any atom is -0.488 e. The van der Waals surface area contributed by atoms with Gasteiger partial charge in [0.25, 0.3) is 0 Å². The number of aliphatic hydroxyl groups excluding tert-OH is 1. The molecule has 2 rings (SSSR count). The van der Waals surface area contributed by atoms with Gasteiger partial charge >= 0.3 is 0 Å². The van der Waals surface area contributed by atoms with Crippen LogP contribution in [0.25, 0.3) is 0 Å². The maximum absolute atomic E-state index is 9.84. The Bertz CT molecular complexity index is 531. The van der Waals surface area contributed by atoms with Crippen molar-refractivity contribution in [2.75, 3.05) is 19.7 Å². The molecule has 0 aliphatic carbocycles. The third kappa shape index (κ3) is 5.17. The van der Waals surface area contributed by atoms with Crippen molar-refractivity contribution in [3.05, 3.63) is 40.6 Å². The van der Waals surface area contributed by atoms with Crippen LogP contribution >= 0.6 is 23.2 Å². The van der Waals surface area contributed by atoms with Crippen molar-refractivity contribution in [1.29, 1.82) is 0 Å². The predicted molar refractivity (Wildman–Crippen MR) is 80.9 cm³/mol. The summed E-state index contributed by atoms with van der Waals surface area (Å²) in [5, 5.41) is 21.3. The molecule has 0 radical (unpaired) electrons. The molecule has 0 spiro atoms. The van der Waals surface area contributed by atoms with Crippen LogP contribution in [0.2, 0.25) is 10.0 Å². The molecule has 1 aromatic heterocycles. The molecular weight excluding hydrogens is 315 g/mol. The third-order valence-corrected chi connectivity index (χ3v) is 3.30. The lowest BCUT2D eigenvalue weighted by Gasteiger charge is -2.14. The van der Waals surface area contributed by atoms with Gasteiger partial charge in [-0.2, -0.15) is 0 Å². The Hall–Kier alpha value is -1.34. The molecule has 0 amide bonds. The molecule has 0 fully saturated rings. The first-order valence-corrected chi connectivity index (χ1v) is 7.22. The van der Waals surface area contributed by atoms with Crippen molar-refractivity contribution in [1.82, 2.24) is 20.3 Å². The molecule has 1 aromatic carbocycles. The maximum atomic E-state index is 9.84. The van der Waals surface area contributed by atoms with Gasteiger partial charge in [-0.15, -0.1) is 5.10 Å². The van der Waals surface area contributed by atoms with Gasteiger partial charge in [0.2, 0.25) is 0 Å². The monoisotopic (exact) mass is 330 g/mol. The molecular formula is C13H16Cl2N4O2. The van der Waals surface area contributed by atoms with Crippen molar-refractivity contribution in [2.45, 2.75) is 12.6 Å². The van der Waals surface area contributed by atoms with E-state index >= 15 is 0 Å². The van der Waals surface area contributed by atoms with E-state index in [9.17, 15) is 5.11 Å². The lowest BCUT2D eigenvalue weighted by atomic mass is 10.3. The summed E-state index contributed by atoms with van der Waals surface area (Å²) in [6.07, 6.45) is 2.74. The topological polar surface area (TPSA) is 72.2 Å². The second kappa shape index (κ2) is 8.19. The van der Waals surface area contributed by atoms with Gasteiger partial charge in [-0.05, 0) is 12.1 Å². The summed E-state index contributed by atoms with van der Waals surface area (Å²) in [5.74, 6) is 0.391. The molecule has 0 saturated heterocycles. The highest BCUT2D eigenvalue weighted by Gasteiger charge is 2.10. The van der Waals surface area contributed by atoms with Crippen molar-refractivity contribution in [2.24, 2.45) is 0 Å². The molecule has 1 atom stereocenters. The summed E-state index contributed by atoms with van der Waals surface area (Å²) in [7, 11) is 0. The Labute approximate surface area is 132 Å². The number of para-hydroxylation sites is 1. The normalized spacial score (nSPS) is 12.3. The molecule has 21 heavy (non-hydrogen) atoms. The van der Waals surface area contributed by atoms with Crippen molar-refractivity contribution in [3.8, 4) is 5.75 Å². The van der Waals surface area contributed by atoms with Gasteiger partial charge in [-0.1, -0.05) is 34.5 Å². The lowest BCUT2D eigenvalue weighted by molar-refractivity contribution is 0.106. The fourth-order valence-electron chi connectivity index (χ4n) is 1.67. The fraction of sp³-hybridized carbons (Fsp3) is 0.385. The lowest BCUT2D eigenvalue weighted by Crippen LogP contribution is -2.33. The quantitative estimate of drug-likeness (QED) is 0.719. The van der Waals surface area contributed by atoms with Gasteiger partial charge in [0.1, 0.15) is 12.7 Å². The van der Waals surface area contributed by atoms with Crippen molar-refractivity contribution >= 4 is 23.2 Å². The largest absolute Gasteiger partial charge is 0.488 e. The Balaban J connectivity index is 1.66. The van der Waals surface area contributed by atoms with E-state index in [0.29, 0.717) is 35.4 Å². The number of halogens is 2. The van der Waals surface area contributed by atoms with Crippen LogP contribution < -0.4 is 10.1 Å². The van der Waals surface area contributed by atoms with Crippen molar-refractivity contribution in [3.63, 3.8) is 0 Å². The number of nitrogens with zero attached hydrogens (tertiary/aromatic N) is 3. The number of hydrogen-bond donors (Lipinski definition) is 2. The summed E-state index contributed by atoms with van der Waals surface area (Å²) < 4.78 is 7.16. The zero-order chi connectivity index (χ0) is 15.1. The number of aliphatic hydroxyl groups is 1. The Morgan fingerprint density at radius 3 is 2.76 bits per heavy atom. The molecule has 8 heteroatoms. The molecule has 2 aromatic rings. The summed E-state index contributed by atoms with van der Waals surface area (Å²) in [6.45, 7) is 1.87. The second-order valence-electron chi connectivity index (χ2n) is 4.39. The van der Waals surface area contributed by atoms with Gasteiger partial charge < -0.3 is 15.2 Å². The maximum Gasteiger partial charge on any atom is 0.156 e. The first kappa shape index (κ1) is 16.0. The zero-order valence-electron chi connectivity index (χ0n) is 11.2. The van der Waals surface area contributed by atoms with Gasteiger partial charge in [0.05, 0.1) is 22.8 Å². The number of ether oxygens (including phenoxy) is 1. The van der Waals surface area contributed by atoms with Gasteiger partial charge in [0.15, 0.2) is 5.75 Å². The molecule has 0 saturated carbocycles. The highest BCUT2D eigenvalue weighted by atomic mass is 35.5. The minimum atomic E-state index is -0.659. The van der Waals surface area contributed by atoms with E-state index in [-0.39, 0.29) is 6.61 Å². The highest BCUT2D eigenvalue weighted by Crippen LogP contribution is 2.32. The number of benzene rings is 1. The second-order valence-corrected chi connectivity index (χ2v) is 5.20. The van der Waals surface area contributed by atoms with E-state index in [0.717, 1.165) is 0 Å². The number of hydrogen-bond acceptors (Lipinski definition) is 5. The Morgan fingerprint density at radius 1 is 1.33 bits per heavy atom. The van der Waals surface area contributed by atoms with E-state index < -0.39 is 6.10 Å². The van der Waals surface area contributed by atoms with Crippen LogP contribution in [0.3, 0.4) is 0 Å². The molecule has 6 nitrogen and oxygen atoms in total. The first-order valence-electron chi connectivity index (χ1n) is 6.46. The summed E-state index contributed by atoms with van der Waals surface area (Å²) in [5.41, 5.74) is 0. The van der Waals surface area contributed by atoms with Gasteiger partial charge in [-0.3, -0.25) is 4.68 Å². The van der Waals surface area contributed by atoms with Crippen LogP contribution in [-0.2, 0) is 6.54 Å². The molecule has 114 valence electrons. The third-order valence-electron chi connectivity index (χ3n) is 2.71. The van der Waals surface area contributed by atoms with Crippen molar-refractivity contribution < 1.29 is 9.84 Å². The van der Waals surface area contributed by atoms with E-state index in [1.807, 2.05) is 0 Å². The molecule has 0 aliphatic heterocycles. The SMILES string of the molecule is OC(CNCCn1ccnn1)COc1c(Cl)cccc1Cl. The summed E-state index contributed by atoms with van der Waals surface area (Å²) in [6, 6.07) is 5.11. The van der Waals surface area contributed by atoms with Crippen LogP contribution in [0.4, 0.5) is 0 Å². The smallest absolute Gasteiger partial charge is 0.156 e. The van der Waals surface area contributed by atoms with Crippen LogP contribution in [0.5, 0.6) is 5.75 Å².